The first-order valence-electron chi connectivity index (χ1n) is 5.01. The highest BCUT2D eigenvalue weighted by Crippen LogP contribution is 2.31. The largest absolute Gasteiger partial charge is 0.395 e. The Labute approximate surface area is 90.0 Å². The lowest BCUT2D eigenvalue weighted by atomic mass is 9.94. The van der Waals surface area contributed by atoms with Crippen LogP contribution >= 0.6 is 11.6 Å². The van der Waals surface area contributed by atoms with Crippen molar-refractivity contribution in [1.82, 2.24) is 4.90 Å². The first kappa shape index (κ1) is 11.8. The van der Waals surface area contributed by atoms with Gasteiger partial charge in [0.25, 0.3) is 0 Å². The molecule has 0 aromatic rings. The van der Waals surface area contributed by atoms with Gasteiger partial charge < -0.3 is 10.0 Å². The van der Waals surface area contributed by atoms with Crippen LogP contribution < -0.4 is 0 Å². The molecule has 0 unspecified atom stereocenters. The fraction of sp³-hybridized carbons (Fsp3) is 0.900. The van der Waals surface area contributed by atoms with Crippen molar-refractivity contribution in [3.05, 3.63) is 0 Å². The molecule has 0 aliphatic heterocycles. The summed E-state index contributed by atoms with van der Waals surface area (Å²) in [5.74, 6) is 0.379. The Morgan fingerprint density at radius 1 is 1.57 bits per heavy atom. The number of alkyl halides is 1. The molecule has 1 N–H and O–H groups in total. The van der Waals surface area contributed by atoms with Crippen LogP contribution in [0.25, 0.3) is 0 Å². The van der Waals surface area contributed by atoms with Gasteiger partial charge in [-0.2, -0.15) is 0 Å². The fourth-order valence-electron chi connectivity index (χ4n) is 1.39. The second-order valence-corrected chi connectivity index (χ2v) is 4.74. The van der Waals surface area contributed by atoms with Crippen molar-refractivity contribution in [2.45, 2.75) is 32.7 Å². The van der Waals surface area contributed by atoms with Crippen molar-refractivity contribution >= 4 is 17.5 Å². The van der Waals surface area contributed by atoms with Crippen molar-refractivity contribution < 1.29 is 9.90 Å². The van der Waals surface area contributed by atoms with E-state index in [-0.39, 0.29) is 12.5 Å². The summed E-state index contributed by atoms with van der Waals surface area (Å²) in [6.07, 6.45) is 2.12. The first-order chi connectivity index (χ1) is 6.53. The lowest BCUT2D eigenvalue weighted by Gasteiger charge is -2.30. The molecular weight excluding hydrogens is 202 g/mol. The maximum absolute atomic E-state index is 12.0. The Bertz CT molecular complexity index is 214. The zero-order chi connectivity index (χ0) is 10.8. The normalized spacial score (nSPS) is 16.9. The van der Waals surface area contributed by atoms with Crippen molar-refractivity contribution in [2.24, 2.45) is 5.41 Å². The molecule has 3 nitrogen and oxygen atoms in total. The molecule has 1 aliphatic rings. The minimum absolute atomic E-state index is 0.0284. The zero-order valence-electron chi connectivity index (χ0n) is 8.79. The average Bonchev–Trinajstić information content (AvgIpc) is 2.96. The van der Waals surface area contributed by atoms with Gasteiger partial charge in [-0.05, 0) is 26.7 Å². The third-order valence-corrected chi connectivity index (χ3v) is 3.17. The van der Waals surface area contributed by atoms with Crippen molar-refractivity contribution in [1.29, 1.82) is 0 Å². The van der Waals surface area contributed by atoms with Gasteiger partial charge in [0.2, 0.25) is 5.91 Å². The predicted molar refractivity (Wildman–Crippen MR) is 56.3 cm³/mol. The smallest absolute Gasteiger partial charge is 0.229 e. The molecule has 1 rings (SSSR count). The van der Waals surface area contributed by atoms with Gasteiger partial charge in [-0.1, -0.05) is 0 Å². The van der Waals surface area contributed by atoms with Crippen LogP contribution in [0.4, 0.5) is 0 Å². The molecule has 0 aromatic heterocycles. The van der Waals surface area contributed by atoms with Crippen LogP contribution in [0, 0.1) is 5.41 Å². The van der Waals surface area contributed by atoms with Gasteiger partial charge in [-0.15, -0.1) is 11.6 Å². The fourth-order valence-corrected chi connectivity index (χ4v) is 1.50. The Kier molecular flexibility index (Phi) is 3.78. The van der Waals surface area contributed by atoms with E-state index in [2.05, 4.69) is 0 Å². The maximum Gasteiger partial charge on any atom is 0.229 e. The molecule has 0 atom stereocenters. The van der Waals surface area contributed by atoms with Crippen LogP contribution in [-0.2, 0) is 4.79 Å². The number of rotatable bonds is 5. The molecule has 1 fully saturated rings. The third kappa shape index (κ3) is 2.61. The lowest BCUT2D eigenvalue weighted by molar-refractivity contribution is -0.140. The molecule has 0 spiro atoms. The number of hydrogen-bond donors (Lipinski definition) is 1. The SMILES string of the molecule is CC(C)(CCl)C(=O)N(CCO)C1CC1. The highest BCUT2D eigenvalue weighted by atomic mass is 35.5. The van der Waals surface area contributed by atoms with E-state index in [1.54, 1.807) is 4.90 Å². The van der Waals surface area contributed by atoms with Crippen molar-refractivity contribution in [2.75, 3.05) is 19.0 Å². The summed E-state index contributed by atoms with van der Waals surface area (Å²) >= 11 is 5.75. The molecule has 1 aliphatic carbocycles. The molecule has 0 heterocycles. The predicted octanol–water partition coefficient (Wildman–Crippen LogP) is 1.23. The number of amides is 1. The van der Waals surface area contributed by atoms with Gasteiger partial charge in [0.05, 0.1) is 12.0 Å². The van der Waals surface area contributed by atoms with E-state index in [1.807, 2.05) is 13.8 Å². The van der Waals surface area contributed by atoms with Crippen LogP contribution in [0.5, 0.6) is 0 Å². The minimum atomic E-state index is -0.515. The van der Waals surface area contributed by atoms with Gasteiger partial charge in [-0.3, -0.25) is 4.79 Å². The zero-order valence-corrected chi connectivity index (χ0v) is 9.55. The van der Waals surface area contributed by atoms with E-state index in [0.29, 0.717) is 18.5 Å². The number of aliphatic hydroxyl groups excluding tert-OH is 1. The molecule has 0 saturated heterocycles. The molecule has 14 heavy (non-hydrogen) atoms. The second-order valence-electron chi connectivity index (χ2n) is 4.47. The number of carbonyl (C=O) groups excluding carboxylic acids is 1. The van der Waals surface area contributed by atoms with E-state index < -0.39 is 5.41 Å². The Balaban J connectivity index is 2.62. The standard InChI is InChI=1S/C10H18ClNO2/c1-10(2,7-11)9(14)12(5-6-13)8-3-4-8/h8,13H,3-7H2,1-2H3. The summed E-state index contributed by atoms with van der Waals surface area (Å²) < 4.78 is 0. The quantitative estimate of drug-likeness (QED) is 0.707. The van der Waals surface area contributed by atoms with E-state index in [9.17, 15) is 4.79 Å². The molecule has 4 heteroatoms. The number of aliphatic hydroxyl groups is 1. The van der Waals surface area contributed by atoms with Gasteiger partial charge >= 0.3 is 0 Å². The van der Waals surface area contributed by atoms with Gasteiger partial charge in [-0.25, -0.2) is 0 Å². The third-order valence-electron chi connectivity index (χ3n) is 2.50. The topological polar surface area (TPSA) is 40.5 Å². The van der Waals surface area contributed by atoms with Crippen LogP contribution in [0.15, 0.2) is 0 Å². The number of halogens is 1. The van der Waals surface area contributed by atoms with Gasteiger partial charge in [0.15, 0.2) is 0 Å². The second kappa shape index (κ2) is 4.49. The van der Waals surface area contributed by atoms with Crippen LogP contribution in [0.3, 0.4) is 0 Å². The molecule has 82 valence electrons. The van der Waals surface area contributed by atoms with E-state index in [0.717, 1.165) is 12.8 Å². The van der Waals surface area contributed by atoms with Gasteiger partial charge in [0.1, 0.15) is 0 Å². The van der Waals surface area contributed by atoms with Gasteiger partial charge in [0, 0.05) is 18.5 Å². The number of carbonyl (C=O) groups is 1. The Morgan fingerprint density at radius 2 is 2.14 bits per heavy atom. The summed E-state index contributed by atoms with van der Waals surface area (Å²) in [7, 11) is 0. The summed E-state index contributed by atoms with van der Waals surface area (Å²) in [6.45, 7) is 4.15. The molecule has 0 aromatic carbocycles. The number of hydrogen-bond acceptors (Lipinski definition) is 2. The van der Waals surface area contributed by atoms with E-state index >= 15 is 0 Å². The summed E-state index contributed by atoms with van der Waals surface area (Å²) in [4.78, 5) is 13.8. The lowest BCUT2D eigenvalue weighted by Crippen LogP contribution is -2.44. The minimum Gasteiger partial charge on any atom is -0.395 e. The van der Waals surface area contributed by atoms with Crippen molar-refractivity contribution in [3.8, 4) is 0 Å². The molecule has 1 saturated carbocycles. The molecule has 1 amide bonds. The highest BCUT2D eigenvalue weighted by Gasteiger charge is 2.38. The van der Waals surface area contributed by atoms with Crippen LogP contribution in [0.2, 0.25) is 0 Å². The monoisotopic (exact) mass is 219 g/mol. The van der Waals surface area contributed by atoms with Crippen molar-refractivity contribution in [3.63, 3.8) is 0 Å². The van der Waals surface area contributed by atoms with Crippen LogP contribution in [0.1, 0.15) is 26.7 Å². The summed E-state index contributed by atoms with van der Waals surface area (Å²) in [5.41, 5.74) is -0.515. The Morgan fingerprint density at radius 3 is 2.50 bits per heavy atom. The van der Waals surface area contributed by atoms with E-state index in [4.69, 9.17) is 16.7 Å². The van der Waals surface area contributed by atoms with Crippen LogP contribution in [-0.4, -0.2) is 41.0 Å². The molecular formula is C10H18ClNO2. The highest BCUT2D eigenvalue weighted by molar-refractivity contribution is 6.19. The maximum atomic E-state index is 12.0. The molecule has 0 bridgehead atoms. The molecule has 0 radical (unpaired) electrons. The average molecular weight is 220 g/mol. The first-order valence-corrected chi connectivity index (χ1v) is 5.54. The number of nitrogens with zero attached hydrogens (tertiary/aromatic N) is 1. The van der Waals surface area contributed by atoms with E-state index in [1.165, 1.54) is 0 Å². The summed E-state index contributed by atoms with van der Waals surface area (Å²) in [5, 5.41) is 8.87. The Hall–Kier alpha value is -0.280. The summed E-state index contributed by atoms with van der Waals surface area (Å²) in [6, 6.07) is 0.345.